The lowest BCUT2D eigenvalue weighted by Gasteiger charge is -2.42. The van der Waals surface area contributed by atoms with Crippen LogP contribution in [-0.2, 0) is 19.7 Å². The first-order chi connectivity index (χ1) is 12.1. The van der Waals surface area contributed by atoms with E-state index in [0.29, 0.717) is 13.2 Å². The molecule has 2 aliphatic heterocycles. The summed E-state index contributed by atoms with van der Waals surface area (Å²) in [6.07, 6.45) is 5.54. The van der Waals surface area contributed by atoms with Crippen molar-refractivity contribution in [3.63, 3.8) is 0 Å². The molecule has 1 aliphatic carbocycles. The molecule has 0 spiro atoms. The van der Waals surface area contributed by atoms with E-state index in [2.05, 4.69) is 12.1 Å². The molecule has 3 fully saturated rings. The molecule has 2 saturated heterocycles. The molecule has 1 radical (unpaired) electrons. The Morgan fingerprint density at radius 3 is 2.60 bits per heavy atom. The van der Waals surface area contributed by atoms with Crippen LogP contribution in [0.5, 0.6) is 0 Å². The fourth-order valence-corrected chi connectivity index (χ4v) is 4.52. The van der Waals surface area contributed by atoms with Gasteiger partial charge in [-0.05, 0) is 43.4 Å². The minimum Gasteiger partial charge on any atom is -0.384 e. The van der Waals surface area contributed by atoms with Crippen molar-refractivity contribution >= 4 is 17.5 Å². The highest BCUT2D eigenvalue weighted by Crippen LogP contribution is 2.44. The fraction of sp³-hybridized carbons (Fsp3) is 0.526. The number of nitrogens with zero attached hydrogens (tertiary/aromatic N) is 2. The van der Waals surface area contributed by atoms with E-state index in [1.54, 1.807) is 12.0 Å². The molecule has 6 nitrogen and oxygen atoms in total. The van der Waals surface area contributed by atoms with Crippen LogP contribution in [0.15, 0.2) is 24.3 Å². The lowest BCUT2D eigenvalue weighted by atomic mass is 9.65. The van der Waals surface area contributed by atoms with Gasteiger partial charge in [-0.25, -0.2) is 0 Å². The monoisotopic (exact) mass is 342 g/mol. The van der Waals surface area contributed by atoms with Gasteiger partial charge in [-0.2, -0.15) is 0 Å². The van der Waals surface area contributed by atoms with Crippen molar-refractivity contribution in [3.8, 4) is 0 Å². The van der Waals surface area contributed by atoms with Gasteiger partial charge in [0.1, 0.15) is 0 Å². The molecule has 1 aromatic rings. The number of methoxy groups -OCH3 is 1. The van der Waals surface area contributed by atoms with Gasteiger partial charge in [0.2, 0.25) is 5.91 Å². The van der Waals surface area contributed by atoms with Crippen LogP contribution in [0.1, 0.15) is 31.2 Å². The maximum Gasteiger partial charge on any atom is 0.255 e. The van der Waals surface area contributed by atoms with Crippen LogP contribution in [-0.4, -0.2) is 49.2 Å². The molecule has 1 aromatic carbocycles. The standard InChI is InChI=1S/C19H24N3O3/c1-25-12-19(9-3-10-19)13-5-7-14(8-6-13)22-17(16(20)23)21-11-2-4-15(21)18(22)24/h4-8,15,17H,2-3,9-12H2,1H3,(H2,20,23)/t15-,17?/m0/s1. The highest BCUT2D eigenvalue weighted by molar-refractivity contribution is 6.06. The summed E-state index contributed by atoms with van der Waals surface area (Å²) >= 11 is 0. The zero-order chi connectivity index (χ0) is 17.6. The number of anilines is 1. The first-order valence-electron chi connectivity index (χ1n) is 8.88. The number of carbonyl (C=O) groups excluding carboxylic acids is 2. The topological polar surface area (TPSA) is 75.9 Å². The fourth-order valence-electron chi connectivity index (χ4n) is 4.52. The van der Waals surface area contributed by atoms with E-state index in [4.69, 9.17) is 10.5 Å². The van der Waals surface area contributed by atoms with Gasteiger partial charge in [-0.1, -0.05) is 18.6 Å². The van der Waals surface area contributed by atoms with Crippen LogP contribution in [0.4, 0.5) is 5.69 Å². The quantitative estimate of drug-likeness (QED) is 0.872. The van der Waals surface area contributed by atoms with Crippen molar-refractivity contribution in [2.24, 2.45) is 5.73 Å². The van der Waals surface area contributed by atoms with Crippen molar-refractivity contribution in [2.45, 2.75) is 43.3 Å². The largest absolute Gasteiger partial charge is 0.384 e. The molecule has 2 heterocycles. The maximum atomic E-state index is 12.8. The second kappa shape index (κ2) is 6.11. The van der Waals surface area contributed by atoms with E-state index in [1.807, 2.05) is 23.5 Å². The summed E-state index contributed by atoms with van der Waals surface area (Å²) in [5.41, 5.74) is 7.67. The third-order valence-electron chi connectivity index (χ3n) is 5.93. The van der Waals surface area contributed by atoms with Gasteiger partial charge in [-0.3, -0.25) is 19.4 Å². The molecule has 0 bridgehead atoms. The smallest absolute Gasteiger partial charge is 0.255 e. The molecule has 1 unspecified atom stereocenters. The molecule has 0 aromatic heterocycles. The van der Waals surface area contributed by atoms with Gasteiger partial charge < -0.3 is 10.5 Å². The van der Waals surface area contributed by atoms with E-state index < -0.39 is 12.1 Å². The van der Waals surface area contributed by atoms with Crippen molar-refractivity contribution in [2.75, 3.05) is 25.2 Å². The zero-order valence-corrected chi connectivity index (χ0v) is 14.5. The first kappa shape index (κ1) is 16.5. The molecule has 3 aliphatic rings. The second-order valence-corrected chi connectivity index (χ2v) is 7.31. The molecule has 4 rings (SSSR count). The molecular formula is C19H24N3O3. The number of hydrogen-bond donors (Lipinski definition) is 1. The molecule has 2 N–H and O–H groups in total. The summed E-state index contributed by atoms with van der Waals surface area (Å²) in [6, 6.07) is 7.66. The number of primary amides is 1. The lowest BCUT2D eigenvalue weighted by molar-refractivity contribution is -0.122. The Bertz CT molecular complexity index is 684. The van der Waals surface area contributed by atoms with E-state index in [1.165, 1.54) is 12.0 Å². The van der Waals surface area contributed by atoms with Crippen LogP contribution in [0.3, 0.4) is 0 Å². The highest BCUT2D eigenvalue weighted by atomic mass is 16.5. The van der Waals surface area contributed by atoms with Crippen molar-refractivity contribution in [1.29, 1.82) is 0 Å². The molecular weight excluding hydrogens is 318 g/mol. The number of rotatable bonds is 5. The summed E-state index contributed by atoms with van der Waals surface area (Å²) in [6.45, 7) is 1.40. The predicted octanol–water partition coefficient (Wildman–Crippen LogP) is 1.19. The minimum absolute atomic E-state index is 0.0655. The summed E-state index contributed by atoms with van der Waals surface area (Å²) < 4.78 is 5.41. The zero-order valence-electron chi connectivity index (χ0n) is 14.5. The van der Waals surface area contributed by atoms with Crippen molar-refractivity contribution in [3.05, 3.63) is 36.2 Å². The normalized spacial score (nSPS) is 28.0. The molecule has 6 heteroatoms. The summed E-state index contributed by atoms with van der Waals surface area (Å²) in [7, 11) is 1.73. The molecule has 2 amide bonds. The first-order valence-corrected chi connectivity index (χ1v) is 8.88. The molecule has 25 heavy (non-hydrogen) atoms. The number of benzene rings is 1. The Morgan fingerprint density at radius 2 is 2.04 bits per heavy atom. The maximum absolute atomic E-state index is 12.8. The Kier molecular flexibility index (Phi) is 4.04. The van der Waals surface area contributed by atoms with Crippen LogP contribution in [0.25, 0.3) is 0 Å². The van der Waals surface area contributed by atoms with Gasteiger partial charge in [-0.15, -0.1) is 0 Å². The van der Waals surface area contributed by atoms with Crippen LogP contribution in [0, 0.1) is 6.42 Å². The van der Waals surface area contributed by atoms with Crippen molar-refractivity contribution in [1.82, 2.24) is 4.90 Å². The molecule has 133 valence electrons. The Labute approximate surface area is 147 Å². The Balaban J connectivity index is 1.63. The Hall–Kier alpha value is -1.92. The lowest BCUT2D eigenvalue weighted by Crippen LogP contribution is -2.49. The second-order valence-electron chi connectivity index (χ2n) is 7.31. The van der Waals surface area contributed by atoms with E-state index in [0.717, 1.165) is 24.9 Å². The third kappa shape index (κ3) is 2.47. The summed E-state index contributed by atoms with van der Waals surface area (Å²) in [5.74, 6) is -0.547. The molecule has 1 saturated carbocycles. The van der Waals surface area contributed by atoms with Gasteiger partial charge in [0.15, 0.2) is 6.17 Å². The van der Waals surface area contributed by atoms with Crippen LogP contribution < -0.4 is 10.6 Å². The van der Waals surface area contributed by atoms with Gasteiger partial charge in [0, 0.05) is 24.8 Å². The summed E-state index contributed by atoms with van der Waals surface area (Å²) in [5, 5.41) is 0. The highest BCUT2D eigenvalue weighted by Gasteiger charge is 2.51. The van der Waals surface area contributed by atoms with E-state index in [9.17, 15) is 9.59 Å². The van der Waals surface area contributed by atoms with Gasteiger partial charge in [0.05, 0.1) is 12.6 Å². The van der Waals surface area contributed by atoms with Gasteiger partial charge in [0.25, 0.3) is 5.91 Å². The predicted molar refractivity (Wildman–Crippen MR) is 93.7 cm³/mol. The minimum atomic E-state index is -0.696. The number of amides is 2. The molecule has 2 atom stereocenters. The average Bonchev–Trinajstić information content (AvgIpc) is 3.13. The van der Waals surface area contributed by atoms with Crippen LogP contribution >= 0.6 is 0 Å². The van der Waals surface area contributed by atoms with E-state index >= 15 is 0 Å². The summed E-state index contributed by atoms with van der Waals surface area (Å²) in [4.78, 5) is 28.2. The number of ether oxygens (including phenoxy) is 1. The average molecular weight is 342 g/mol. The number of carbonyl (C=O) groups is 2. The van der Waals surface area contributed by atoms with E-state index in [-0.39, 0.29) is 17.4 Å². The SMILES string of the molecule is COCC1(c2ccc(N3C(=O)[C@@H]4[CH]CCN4C3C(N)=O)cc2)CCC1. The van der Waals surface area contributed by atoms with Gasteiger partial charge >= 0.3 is 0 Å². The number of hydrogen-bond acceptors (Lipinski definition) is 4. The van der Waals surface area contributed by atoms with Crippen molar-refractivity contribution < 1.29 is 14.3 Å². The number of nitrogens with two attached hydrogens (primary N) is 1. The van der Waals surface area contributed by atoms with Crippen LogP contribution in [0.2, 0.25) is 0 Å². The number of fused-ring (bicyclic) bond motifs is 1. The Morgan fingerprint density at radius 1 is 1.32 bits per heavy atom. The third-order valence-corrected chi connectivity index (χ3v) is 5.93.